The normalized spacial score (nSPS) is 19.1. The molecule has 0 saturated carbocycles. The van der Waals surface area contributed by atoms with Gasteiger partial charge in [0.15, 0.2) is 0 Å². The summed E-state index contributed by atoms with van der Waals surface area (Å²) in [4.78, 5) is 19.7. The minimum Gasteiger partial charge on any atom is -0.377 e. The Morgan fingerprint density at radius 1 is 1.60 bits per heavy atom. The van der Waals surface area contributed by atoms with E-state index in [0.29, 0.717) is 26.3 Å². The first-order chi connectivity index (χ1) is 9.74. The quantitative estimate of drug-likeness (QED) is 0.905. The Balaban J connectivity index is 1.76. The van der Waals surface area contributed by atoms with Crippen LogP contribution in [-0.4, -0.2) is 48.3 Å². The summed E-state index contributed by atoms with van der Waals surface area (Å²) in [5, 5.41) is 4.08. The van der Waals surface area contributed by atoms with Crippen molar-refractivity contribution in [2.24, 2.45) is 0 Å². The minimum absolute atomic E-state index is 0.0208. The Hall–Kier alpha value is -1.14. The van der Waals surface area contributed by atoms with Crippen molar-refractivity contribution in [3.8, 4) is 0 Å². The number of aromatic nitrogens is 1. The van der Waals surface area contributed by atoms with Crippen molar-refractivity contribution in [1.82, 2.24) is 15.2 Å². The molecule has 2 heterocycles. The van der Waals surface area contributed by atoms with Gasteiger partial charge >= 0.3 is 6.03 Å². The van der Waals surface area contributed by atoms with E-state index in [0.717, 1.165) is 24.3 Å². The molecule has 1 aromatic heterocycles. The van der Waals surface area contributed by atoms with E-state index in [9.17, 15) is 4.79 Å². The first kappa shape index (κ1) is 15.3. The average Bonchev–Trinajstić information content (AvgIpc) is 2.95. The molecule has 0 spiro atoms. The second kappa shape index (κ2) is 7.59. The lowest BCUT2D eigenvalue weighted by Gasteiger charge is -2.35. The lowest BCUT2D eigenvalue weighted by molar-refractivity contribution is 0.0114. The number of amides is 2. The van der Waals surface area contributed by atoms with Crippen LogP contribution in [0.3, 0.4) is 0 Å². The van der Waals surface area contributed by atoms with E-state index in [2.05, 4.69) is 24.1 Å². The molecule has 1 aliphatic heterocycles. The van der Waals surface area contributed by atoms with E-state index >= 15 is 0 Å². The SMILES string of the molecule is CCc1cnc(CCNC(=O)N2CCOC[C@H]2CC)s1. The lowest BCUT2D eigenvalue weighted by atomic mass is 10.2. The number of carbonyl (C=O) groups excluding carboxylic acids is 1. The molecule has 1 saturated heterocycles. The summed E-state index contributed by atoms with van der Waals surface area (Å²) < 4.78 is 5.41. The Morgan fingerprint density at radius 3 is 3.15 bits per heavy atom. The van der Waals surface area contributed by atoms with E-state index in [-0.39, 0.29) is 12.1 Å². The maximum Gasteiger partial charge on any atom is 0.317 e. The zero-order chi connectivity index (χ0) is 14.4. The van der Waals surface area contributed by atoms with Gasteiger partial charge in [-0.2, -0.15) is 0 Å². The molecule has 5 nitrogen and oxygen atoms in total. The van der Waals surface area contributed by atoms with Crippen LogP contribution in [0.4, 0.5) is 4.79 Å². The number of ether oxygens (including phenoxy) is 1. The zero-order valence-electron chi connectivity index (χ0n) is 12.2. The van der Waals surface area contributed by atoms with Crippen LogP contribution in [0.25, 0.3) is 0 Å². The predicted octanol–water partition coefficient (Wildman–Crippen LogP) is 2.07. The Bertz CT molecular complexity index is 436. The molecule has 0 bridgehead atoms. The predicted molar refractivity (Wildman–Crippen MR) is 80.2 cm³/mol. The second-order valence-electron chi connectivity index (χ2n) is 4.89. The molecule has 1 aromatic rings. The van der Waals surface area contributed by atoms with E-state index < -0.39 is 0 Å². The van der Waals surface area contributed by atoms with E-state index in [1.165, 1.54) is 4.88 Å². The third kappa shape index (κ3) is 3.93. The zero-order valence-corrected chi connectivity index (χ0v) is 13.0. The molecule has 112 valence electrons. The maximum atomic E-state index is 12.2. The van der Waals surface area contributed by atoms with Crippen LogP contribution >= 0.6 is 11.3 Å². The van der Waals surface area contributed by atoms with Crippen LogP contribution in [0, 0.1) is 0 Å². The molecule has 1 N–H and O–H groups in total. The van der Waals surface area contributed by atoms with Crippen LogP contribution < -0.4 is 5.32 Å². The number of thiazole rings is 1. The molecule has 2 rings (SSSR count). The second-order valence-corrected chi connectivity index (χ2v) is 6.09. The first-order valence-electron chi connectivity index (χ1n) is 7.30. The smallest absolute Gasteiger partial charge is 0.317 e. The summed E-state index contributed by atoms with van der Waals surface area (Å²) in [6.45, 7) is 6.82. The summed E-state index contributed by atoms with van der Waals surface area (Å²) in [7, 11) is 0. The molecule has 2 amide bonds. The van der Waals surface area contributed by atoms with Crippen molar-refractivity contribution >= 4 is 17.4 Å². The first-order valence-corrected chi connectivity index (χ1v) is 8.12. The summed E-state index contributed by atoms with van der Waals surface area (Å²) >= 11 is 1.73. The van der Waals surface area contributed by atoms with Gasteiger partial charge in [0.05, 0.1) is 24.3 Å². The van der Waals surface area contributed by atoms with Gasteiger partial charge < -0.3 is 15.0 Å². The molecule has 0 unspecified atom stereocenters. The van der Waals surface area contributed by atoms with Gasteiger partial charge in [0, 0.05) is 30.6 Å². The highest BCUT2D eigenvalue weighted by Crippen LogP contribution is 2.14. The van der Waals surface area contributed by atoms with E-state index in [4.69, 9.17) is 4.74 Å². The van der Waals surface area contributed by atoms with Gasteiger partial charge in [0.25, 0.3) is 0 Å². The lowest BCUT2D eigenvalue weighted by Crippen LogP contribution is -2.52. The fourth-order valence-electron chi connectivity index (χ4n) is 2.27. The number of urea groups is 1. The summed E-state index contributed by atoms with van der Waals surface area (Å²) in [6, 6.07) is 0.225. The van der Waals surface area contributed by atoms with Gasteiger partial charge in [-0.25, -0.2) is 9.78 Å². The number of carbonyl (C=O) groups is 1. The summed E-state index contributed by atoms with van der Waals surface area (Å²) in [5.41, 5.74) is 0. The average molecular weight is 297 g/mol. The fourth-order valence-corrected chi connectivity index (χ4v) is 3.13. The number of rotatable bonds is 5. The monoisotopic (exact) mass is 297 g/mol. The summed E-state index contributed by atoms with van der Waals surface area (Å²) in [5.74, 6) is 0. The highest BCUT2D eigenvalue weighted by atomic mass is 32.1. The van der Waals surface area contributed by atoms with Crippen LogP contribution in [-0.2, 0) is 17.6 Å². The van der Waals surface area contributed by atoms with Crippen LogP contribution in [0.5, 0.6) is 0 Å². The van der Waals surface area contributed by atoms with Gasteiger partial charge in [-0.1, -0.05) is 13.8 Å². The number of hydrogen-bond acceptors (Lipinski definition) is 4. The largest absolute Gasteiger partial charge is 0.377 e. The number of aryl methyl sites for hydroxylation is 1. The fraction of sp³-hybridized carbons (Fsp3) is 0.714. The number of nitrogens with one attached hydrogen (secondary N) is 1. The molecule has 0 aliphatic carbocycles. The van der Waals surface area contributed by atoms with Crippen molar-refractivity contribution in [3.05, 3.63) is 16.1 Å². The Kier molecular flexibility index (Phi) is 5.79. The third-order valence-electron chi connectivity index (χ3n) is 3.52. The van der Waals surface area contributed by atoms with Crippen molar-refractivity contribution < 1.29 is 9.53 Å². The highest BCUT2D eigenvalue weighted by molar-refractivity contribution is 7.11. The van der Waals surface area contributed by atoms with Crippen LogP contribution in [0.1, 0.15) is 30.2 Å². The van der Waals surface area contributed by atoms with E-state index in [1.54, 1.807) is 11.3 Å². The van der Waals surface area contributed by atoms with Crippen molar-refractivity contribution in [2.45, 2.75) is 39.2 Å². The molecule has 20 heavy (non-hydrogen) atoms. The minimum atomic E-state index is 0.0208. The van der Waals surface area contributed by atoms with Gasteiger partial charge in [-0.05, 0) is 12.8 Å². The Morgan fingerprint density at radius 2 is 2.45 bits per heavy atom. The maximum absolute atomic E-state index is 12.2. The van der Waals surface area contributed by atoms with Crippen LogP contribution in [0.15, 0.2) is 6.20 Å². The molecular formula is C14H23N3O2S. The van der Waals surface area contributed by atoms with Gasteiger partial charge in [-0.15, -0.1) is 11.3 Å². The topological polar surface area (TPSA) is 54.5 Å². The molecule has 0 radical (unpaired) electrons. The van der Waals surface area contributed by atoms with Crippen molar-refractivity contribution in [3.63, 3.8) is 0 Å². The van der Waals surface area contributed by atoms with Crippen molar-refractivity contribution in [1.29, 1.82) is 0 Å². The van der Waals surface area contributed by atoms with Gasteiger partial charge in [0.1, 0.15) is 0 Å². The molecular weight excluding hydrogens is 274 g/mol. The van der Waals surface area contributed by atoms with Gasteiger partial charge in [-0.3, -0.25) is 0 Å². The number of morpholine rings is 1. The number of nitrogens with zero attached hydrogens (tertiary/aromatic N) is 2. The number of hydrogen-bond donors (Lipinski definition) is 1. The molecule has 0 aromatic carbocycles. The molecule has 1 fully saturated rings. The molecule has 1 atom stereocenters. The van der Waals surface area contributed by atoms with Crippen LogP contribution in [0.2, 0.25) is 0 Å². The third-order valence-corrected chi connectivity index (χ3v) is 4.73. The van der Waals surface area contributed by atoms with Gasteiger partial charge in [0.2, 0.25) is 0 Å². The van der Waals surface area contributed by atoms with E-state index in [1.807, 2.05) is 11.1 Å². The Labute approximate surface area is 124 Å². The highest BCUT2D eigenvalue weighted by Gasteiger charge is 2.25. The molecule has 6 heteroatoms. The standard InChI is InChI=1S/C14H23N3O2S/c1-3-11-10-19-8-7-17(11)14(18)15-6-5-13-16-9-12(4-2)20-13/h9,11H,3-8,10H2,1-2H3,(H,15,18)/t11-/m1/s1. The molecule has 1 aliphatic rings. The summed E-state index contributed by atoms with van der Waals surface area (Å²) in [6.07, 6.45) is 4.68. The van der Waals surface area contributed by atoms with Crippen molar-refractivity contribution in [2.75, 3.05) is 26.3 Å².